The Labute approximate surface area is 196 Å². The zero-order valence-electron chi connectivity index (χ0n) is 16.0. The van der Waals surface area contributed by atoms with Crippen LogP contribution in [0.1, 0.15) is 21.9 Å². The number of rotatable bonds is 7. The van der Waals surface area contributed by atoms with Crippen LogP contribution in [0.3, 0.4) is 0 Å². The number of hydrogen-bond acceptors (Lipinski definition) is 4. The first-order valence-corrected chi connectivity index (χ1v) is 10.8. The van der Waals surface area contributed by atoms with Gasteiger partial charge in [0.25, 0.3) is 5.91 Å². The van der Waals surface area contributed by atoms with Gasteiger partial charge < -0.3 is 14.5 Å². The van der Waals surface area contributed by atoms with Gasteiger partial charge in [0, 0.05) is 10.7 Å². The van der Waals surface area contributed by atoms with Gasteiger partial charge in [-0.25, -0.2) is 0 Å². The average Bonchev–Trinajstić information content (AvgIpc) is 3.40. The molecule has 2 aromatic heterocycles. The van der Waals surface area contributed by atoms with Crippen molar-refractivity contribution in [3.05, 3.63) is 98.6 Å². The fourth-order valence-electron chi connectivity index (χ4n) is 2.81. The van der Waals surface area contributed by atoms with Crippen molar-refractivity contribution in [1.82, 2.24) is 9.78 Å². The van der Waals surface area contributed by atoms with Crippen LogP contribution in [0.2, 0.25) is 10.0 Å². The van der Waals surface area contributed by atoms with Crippen molar-refractivity contribution >= 4 is 50.7 Å². The molecule has 9 heteroatoms. The number of nitrogens with zero attached hydrogens (tertiary/aromatic N) is 2. The summed E-state index contributed by atoms with van der Waals surface area (Å²) < 4.78 is 14.0. The van der Waals surface area contributed by atoms with E-state index in [0.717, 1.165) is 10.0 Å². The summed E-state index contributed by atoms with van der Waals surface area (Å²) in [5.41, 5.74) is 1.67. The molecule has 0 saturated carbocycles. The van der Waals surface area contributed by atoms with E-state index in [2.05, 4.69) is 26.3 Å². The number of anilines is 1. The van der Waals surface area contributed by atoms with Crippen molar-refractivity contribution < 1.29 is 13.9 Å². The van der Waals surface area contributed by atoms with Crippen LogP contribution in [-0.2, 0) is 13.2 Å². The summed E-state index contributed by atoms with van der Waals surface area (Å²) in [5.74, 6) is 0.702. The highest BCUT2D eigenvalue weighted by Crippen LogP contribution is 2.32. The molecule has 4 aromatic rings. The number of furan rings is 1. The largest absolute Gasteiger partial charge is 0.484 e. The monoisotopic (exact) mass is 519 g/mol. The lowest BCUT2D eigenvalue weighted by Gasteiger charge is -2.07. The zero-order chi connectivity index (χ0) is 21.8. The number of carbonyl (C=O) groups excluding carboxylic acids is 1. The second-order valence-corrected chi connectivity index (χ2v) is 8.31. The molecule has 0 radical (unpaired) electrons. The minimum atomic E-state index is -0.379. The summed E-state index contributed by atoms with van der Waals surface area (Å²) in [6, 6.07) is 16.3. The predicted molar refractivity (Wildman–Crippen MR) is 123 cm³/mol. The first-order valence-electron chi connectivity index (χ1n) is 9.22. The molecule has 31 heavy (non-hydrogen) atoms. The van der Waals surface area contributed by atoms with Crippen LogP contribution >= 0.6 is 39.1 Å². The summed E-state index contributed by atoms with van der Waals surface area (Å²) in [6.07, 6.45) is 3.35. The lowest BCUT2D eigenvalue weighted by molar-refractivity contribution is 0.0992. The molecule has 2 aromatic carbocycles. The molecule has 0 bridgehead atoms. The Morgan fingerprint density at radius 2 is 1.94 bits per heavy atom. The van der Waals surface area contributed by atoms with Gasteiger partial charge in [-0.15, -0.1) is 0 Å². The van der Waals surface area contributed by atoms with Gasteiger partial charge in [0.05, 0.1) is 23.5 Å². The summed E-state index contributed by atoms with van der Waals surface area (Å²) in [4.78, 5) is 12.5. The third-order valence-corrected chi connectivity index (χ3v) is 5.65. The van der Waals surface area contributed by atoms with Gasteiger partial charge in [-0.1, -0.05) is 57.3 Å². The van der Waals surface area contributed by atoms with Crippen molar-refractivity contribution in [2.24, 2.45) is 0 Å². The van der Waals surface area contributed by atoms with Crippen LogP contribution in [0, 0.1) is 0 Å². The minimum absolute atomic E-state index is 0.110. The molecule has 1 N–H and O–H groups in total. The molecule has 1 amide bonds. The van der Waals surface area contributed by atoms with Gasteiger partial charge in [-0.05, 0) is 42.0 Å². The molecule has 6 nitrogen and oxygen atoms in total. The second kappa shape index (κ2) is 9.60. The summed E-state index contributed by atoms with van der Waals surface area (Å²) >= 11 is 15.5. The number of benzene rings is 2. The van der Waals surface area contributed by atoms with Gasteiger partial charge in [-0.2, -0.15) is 5.10 Å². The Hall–Kier alpha value is -2.74. The third kappa shape index (κ3) is 5.50. The van der Waals surface area contributed by atoms with Gasteiger partial charge in [-0.3, -0.25) is 9.48 Å². The van der Waals surface area contributed by atoms with Gasteiger partial charge in [0.1, 0.15) is 23.1 Å². The molecular weight excluding hydrogens is 505 g/mol. The third-order valence-electron chi connectivity index (χ3n) is 4.32. The van der Waals surface area contributed by atoms with E-state index in [1.165, 1.54) is 0 Å². The maximum Gasteiger partial charge on any atom is 0.291 e. The molecule has 0 aliphatic carbocycles. The van der Waals surface area contributed by atoms with Gasteiger partial charge in [0.2, 0.25) is 0 Å². The molecule has 4 rings (SSSR count). The van der Waals surface area contributed by atoms with Gasteiger partial charge >= 0.3 is 0 Å². The SMILES string of the molecule is O=C(Nc1cnn(Cc2ccc(Br)cc2)c1)c1ccc(COc2cccc(Cl)c2Cl)o1. The zero-order valence-corrected chi connectivity index (χ0v) is 19.1. The first-order chi connectivity index (χ1) is 15.0. The number of ether oxygens (including phenoxy) is 1. The van der Waals surface area contributed by atoms with E-state index >= 15 is 0 Å². The summed E-state index contributed by atoms with van der Waals surface area (Å²) in [6.45, 7) is 0.704. The smallest absolute Gasteiger partial charge is 0.291 e. The number of carbonyl (C=O) groups is 1. The van der Waals surface area contributed by atoms with Gasteiger partial charge in [0.15, 0.2) is 5.76 Å². The lowest BCUT2D eigenvalue weighted by atomic mass is 10.2. The highest BCUT2D eigenvalue weighted by molar-refractivity contribution is 9.10. The summed E-state index contributed by atoms with van der Waals surface area (Å²) in [5, 5.41) is 7.78. The minimum Gasteiger partial charge on any atom is -0.484 e. The standard InChI is InChI=1S/C22H16BrCl2N3O3/c23-15-6-4-14(5-7-15)11-28-12-16(10-26-28)27-22(29)20-9-8-17(31-20)13-30-19-3-1-2-18(24)21(19)25/h1-10,12H,11,13H2,(H,27,29). The molecule has 158 valence electrons. The number of halogens is 3. The van der Waals surface area contributed by atoms with E-state index in [1.807, 2.05) is 24.3 Å². The molecule has 2 heterocycles. The van der Waals surface area contributed by atoms with Crippen molar-refractivity contribution in [2.75, 3.05) is 5.32 Å². The lowest BCUT2D eigenvalue weighted by Crippen LogP contribution is -2.10. The number of aromatic nitrogens is 2. The Morgan fingerprint density at radius 3 is 2.74 bits per heavy atom. The van der Waals surface area contributed by atoms with Crippen LogP contribution in [-0.4, -0.2) is 15.7 Å². The van der Waals surface area contributed by atoms with Crippen LogP contribution < -0.4 is 10.1 Å². The maximum atomic E-state index is 12.5. The Bertz CT molecular complexity index is 1200. The molecule has 0 unspecified atom stereocenters. The number of amides is 1. The number of nitrogens with one attached hydrogen (secondary N) is 1. The molecule has 0 saturated heterocycles. The molecule has 0 atom stereocenters. The molecule has 0 aliphatic heterocycles. The normalized spacial score (nSPS) is 10.8. The fourth-order valence-corrected chi connectivity index (χ4v) is 3.42. The predicted octanol–water partition coefficient (Wildman–Crippen LogP) is 6.43. The topological polar surface area (TPSA) is 69.3 Å². The molecular formula is C22H16BrCl2N3O3. The maximum absolute atomic E-state index is 12.5. The van der Waals surface area contributed by atoms with E-state index in [9.17, 15) is 4.79 Å². The summed E-state index contributed by atoms with van der Waals surface area (Å²) in [7, 11) is 0. The first kappa shape index (κ1) is 21.5. The van der Waals surface area contributed by atoms with Crippen molar-refractivity contribution in [3.63, 3.8) is 0 Å². The second-order valence-electron chi connectivity index (χ2n) is 6.61. The van der Waals surface area contributed by atoms with E-state index in [4.69, 9.17) is 32.4 Å². The Morgan fingerprint density at radius 1 is 1.13 bits per heavy atom. The van der Waals surface area contributed by atoms with E-state index < -0.39 is 0 Å². The molecule has 0 spiro atoms. The highest BCUT2D eigenvalue weighted by atomic mass is 79.9. The van der Waals surface area contributed by atoms with Crippen molar-refractivity contribution in [3.8, 4) is 5.75 Å². The average molecular weight is 521 g/mol. The van der Waals surface area contributed by atoms with Crippen LogP contribution in [0.4, 0.5) is 5.69 Å². The van der Waals surface area contributed by atoms with E-state index in [1.54, 1.807) is 47.4 Å². The molecule has 0 aliphatic rings. The Balaban J connectivity index is 1.34. The highest BCUT2D eigenvalue weighted by Gasteiger charge is 2.14. The number of hydrogen-bond donors (Lipinski definition) is 1. The van der Waals surface area contributed by atoms with E-state index in [-0.39, 0.29) is 18.3 Å². The Kier molecular flexibility index (Phi) is 6.65. The molecule has 0 fully saturated rings. The van der Waals surface area contributed by atoms with Crippen molar-refractivity contribution in [1.29, 1.82) is 0 Å². The van der Waals surface area contributed by atoms with Crippen LogP contribution in [0.25, 0.3) is 0 Å². The quantitative estimate of drug-likeness (QED) is 0.305. The van der Waals surface area contributed by atoms with Crippen molar-refractivity contribution in [2.45, 2.75) is 13.2 Å². The fraction of sp³-hybridized carbons (Fsp3) is 0.0909. The van der Waals surface area contributed by atoms with E-state index in [0.29, 0.717) is 33.8 Å². The van der Waals surface area contributed by atoms with Crippen LogP contribution in [0.15, 0.2) is 75.9 Å². The van der Waals surface area contributed by atoms with Crippen LogP contribution in [0.5, 0.6) is 5.75 Å².